The van der Waals surface area contributed by atoms with Crippen LogP contribution in [0.4, 0.5) is 4.39 Å². The molecule has 1 aromatic carbocycles. The number of carbonyl (C=O) groups is 1. The number of nitrogens with one attached hydrogen (secondary N) is 1. The van der Waals surface area contributed by atoms with Gasteiger partial charge in [-0.2, -0.15) is 0 Å². The van der Waals surface area contributed by atoms with Gasteiger partial charge in [-0.1, -0.05) is 31.5 Å². The van der Waals surface area contributed by atoms with E-state index in [2.05, 4.69) is 5.32 Å². The molecule has 0 heterocycles. The Balaban J connectivity index is 2.66. The Bertz CT molecular complexity index is 451. The van der Waals surface area contributed by atoms with E-state index in [0.717, 1.165) is 5.56 Å². The maximum absolute atomic E-state index is 13.1. The van der Waals surface area contributed by atoms with Crippen LogP contribution >= 0.6 is 11.6 Å². The second-order valence-corrected chi connectivity index (χ2v) is 5.55. The fourth-order valence-corrected chi connectivity index (χ4v) is 1.99. The van der Waals surface area contributed by atoms with Crippen LogP contribution in [-0.2, 0) is 4.79 Å². The monoisotopic (exact) mass is 286 g/mol. The maximum Gasteiger partial charge on any atom is 0.237 e. The SMILES string of the molecule is CC(C)C[C@H](N)C(=O)NC(C)c1ccc(F)c(Cl)c1. The summed E-state index contributed by atoms with van der Waals surface area (Å²) in [5.74, 6) is -0.321. The predicted octanol–water partition coefficient (Wildman–Crippen LogP) is 3.03. The van der Waals surface area contributed by atoms with Gasteiger partial charge in [-0.25, -0.2) is 4.39 Å². The van der Waals surface area contributed by atoms with Crippen LogP contribution in [0, 0.1) is 11.7 Å². The quantitative estimate of drug-likeness (QED) is 0.874. The highest BCUT2D eigenvalue weighted by molar-refractivity contribution is 6.30. The van der Waals surface area contributed by atoms with Gasteiger partial charge in [0.05, 0.1) is 17.1 Å². The van der Waals surface area contributed by atoms with E-state index in [0.29, 0.717) is 12.3 Å². The topological polar surface area (TPSA) is 55.1 Å². The third kappa shape index (κ3) is 4.80. The summed E-state index contributed by atoms with van der Waals surface area (Å²) >= 11 is 5.71. The molecule has 1 unspecified atom stereocenters. The van der Waals surface area contributed by atoms with E-state index in [1.54, 1.807) is 6.07 Å². The normalized spacial score (nSPS) is 14.3. The van der Waals surface area contributed by atoms with Crippen molar-refractivity contribution in [3.05, 3.63) is 34.6 Å². The highest BCUT2D eigenvalue weighted by Gasteiger charge is 2.18. The van der Waals surface area contributed by atoms with Crippen molar-refractivity contribution in [1.82, 2.24) is 5.32 Å². The van der Waals surface area contributed by atoms with Crippen LogP contribution in [0.1, 0.15) is 38.8 Å². The average Bonchev–Trinajstić information content (AvgIpc) is 2.31. The third-order valence-corrected chi connectivity index (χ3v) is 3.15. The summed E-state index contributed by atoms with van der Waals surface area (Å²) in [7, 11) is 0. The van der Waals surface area contributed by atoms with E-state index in [1.165, 1.54) is 12.1 Å². The van der Waals surface area contributed by atoms with Crippen molar-refractivity contribution in [3.8, 4) is 0 Å². The van der Waals surface area contributed by atoms with Gasteiger partial charge in [0.2, 0.25) is 5.91 Å². The summed E-state index contributed by atoms with van der Waals surface area (Å²) < 4.78 is 13.1. The highest BCUT2D eigenvalue weighted by Crippen LogP contribution is 2.20. The summed E-state index contributed by atoms with van der Waals surface area (Å²) in [6, 6.07) is 3.60. The second-order valence-electron chi connectivity index (χ2n) is 5.14. The molecule has 0 bridgehead atoms. The number of carbonyl (C=O) groups excluding carboxylic acids is 1. The van der Waals surface area contributed by atoms with E-state index in [9.17, 15) is 9.18 Å². The summed E-state index contributed by atoms with van der Waals surface area (Å²) in [6.45, 7) is 5.83. The molecule has 2 atom stereocenters. The smallest absolute Gasteiger partial charge is 0.237 e. The minimum absolute atomic E-state index is 0.0464. The first-order valence-corrected chi connectivity index (χ1v) is 6.70. The van der Waals surface area contributed by atoms with Gasteiger partial charge in [-0.3, -0.25) is 4.79 Å². The Labute approximate surface area is 118 Å². The standard InChI is InChI=1S/C14H20ClFN2O/c1-8(2)6-13(17)14(19)18-9(3)10-4-5-12(16)11(15)7-10/h4-5,7-9,13H,6,17H2,1-3H3,(H,18,19)/t9?,13-/m0/s1. The molecule has 5 heteroatoms. The Morgan fingerprint density at radius 2 is 2.05 bits per heavy atom. The van der Waals surface area contributed by atoms with Crippen LogP contribution in [0.2, 0.25) is 5.02 Å². The fraction of sp³-hybridized carbons (Fsp3) is 0.500. The molecule has 3 N–H and O–H groups in total. The minimum Gasteiger partial charge on any atom is -0.348 e. The molecule has 0 spiro atoms. The lowest BCUT2D eigenvalue weighted by Gasteiger charge is -2.19. The van der Waals surface area contributed by atoms with Gasteiger partial charge in [0.1, 0.15) is 5.82 Å². The number of amides is 1. The highest BCUT2D eigenvalue weighted by atomic mass is 35.5. The number of rotatable bonds is 5. The molecule has 0 saturated carbocycles. The van der Waals surface area contributed by atoms with E-state index in [4.69, 9.17) is 17.3 Å². The van der Waals surface area contributed by atoms with Crippen molar-refractivity contribution in [2.24, 2.45) is 11.7 Å². The first kappa shape index (κ1) is 15.9. The van der Waals surface area contributed by atoms with Crippen molar-refractivity contribution in [2.75, 3.05) is 0 Å². The molecule has 0 aliphatic heterocycles. The fourth-order valence-electron chi connectivity index (χ4n) is 1.80. The summed E-state index contributed by atoms with van der Waals surface area (Å²) in [5.41, 5.74) is 6.55. The van der Waals surface area contributed by atoms with E-state index < -0.39 is 11.9 Å². The number of hydrogen-bond acceptors (Lipinski definition) is 2. The maximum atomic E-state index is 13.1. The number of halogens is 2. The van der Waals surface area contributed by atoms with Gasteiger partial charge in [0.25, 0.3) is 0 Å². The van der Waals surface area contributed by atoms with Crippen LogP contribution < -0.4 is 11.1 Å². The Morgan fingerprint density at radius 1 is 1.42 bits per heavy atom. The van der Waals surface area contributed by atoms with Crippen LogP contribution in [0.25, 0.3) is 0 Å². The summed E-state index contributed by atoms with van der Waals surface area (Å²) in [4.78, 5) is 11.9. The van der Waals surface area contributed by atoms with Crippen molar-refractivity contribution >= 4 is 17.5 Å². The van der Waals surface area contributed by atoms with Crippen LogP contribution in [0.15, 0.2) is 18.2 Å². The zero-order valence-electron chi connectivity index (χ0n) is 11.4. The molecule has 1 rings (SSSR count). The molecule has 0 aliphatic rings. The Kier molecular flexibility index (Phi) is 5.76. The van der Waals surface area contributed by atoms with Gasteiger partial charge in [0.15, 0.2) is 0 Å². The molecular formula is C14H20ClFN2O. The summed E-state index contributed by atoms with van der Waals surface area (Å²) in [6.07, 6.45) is 0.628. The lowest BCUT2D eigenvalue weighted by Crippen LogP contribution is -2.42. The molecule has 0 aliphatic carbocycles. The Morgan fingerprint density at radius 3 is 2.58 bits per heavy atom. The van der Waals surface area contributed by atoms with Crippen molar-refractivity contribution in [1.29, 1.82) is 0 Å². The molecule has 0 aromatic heterocycles. The zero-order chi connectivity index (χ0) is 14.6. The number of nitrogens with two attached hydrogens (primary N) is 1. The molecule has 0 fully saturated rings. The van der Waals surface area contributed by atoms with Crippen LogP contribution in [-0.4, -0.2) is 11.9 Å². The van der Waals surface area contributed by atoms with Crippen LogP contribution in [0.5, 0.6) is 0 Å². The lowest BCUT2D eigenvalue weighted by molar-refractivity contribution is -0.123. The average molecular weight is 287 g/mol. The van der Waals surface area contributed by atoms with E-state index >= 15 is 0 Å². The zero-order valence-corrected chi connectivity index (χ0v) is 12.2. The van der Waals surface area contributed by atoms with E-state index in [-0.39, 0.29) is 17.0 Å². The van der Waals surface area contributed by atoms with Gasteiger partial charge >= 0.3 is 0 Å². The molecular weight excluding hydrogens is 267 g/mol. The van der Waals surface area contributed by atoms with Crippen molar-refractivity contribution in [2.45, 2.75) is 39.3 Å². The van der Waals surface area contributed by atoms with Gasteiger partial charge in [-0.05, 0) is 37.0 Å². The summed E-state index contributed by atoms with van der Waals surface area (Å²) in [5, 5.41) is 2.85. The lowest BCUT2D eigenvalue weighted by atomic mass is 10.0. The van der Waals surface area contributed by atoms with E-state index in [1.807, 2.05) is 20.8 Å². The molecule has 106 valence electrons. The van der Waals surface area contributed by atoms with Crippen molar-refractivity contribution < 1.29 is 9.18 Å². The van der Waals surface area contributed by atoms with Gasteiger partial charge in [-0.15, -0.1) is 0 Å². The van der Waals surface area contributed by atoms with Gasteiger partial charge < -0.3 is 11.1 Å². The predicted molar refractivity (Wildman–Crippen MR) is 75.4 cm³/mol. The number of benzene rings is 1. The minimum atomic E-state index is -0.529. The largest absolute Gasteiger partial charge is 0.348 e. The van der Waals surface area contributed by atoms with Gasteiger partial charge in [0, 0.05) is 0 Å². The number of hydrogen-bond donors (Lipinski definition) is 2. The third-order valence-electron chi connectivity index (χ3n) is 2.86. The Hall–Kier alpha value is -1.13. The van der Waals surface area contributed by atoms with Crippen LogP contribution in [0.3, 0.4) is 0 Å². The second kappa shape index (κ2) is 6.87. The first-order valence-electron chi connectivity index (χ1n) is 6.32. The molecule has 19 heavy (non-hydrogen) atoms. The molecule has 1 amide bonds. The first-order chi connectivity index (χ1) is 8.81. The molecule has 1 aromatic rings. The molecule has 0 radical (unpaired) electrons. The molecule has 3 nitrogen and oxygen atoms in total. The van der Waals surface area contributed by atoms with Crippen molar-refractivity contribution in [3.63, 3.8) is 0 Å². The molecule has 0 saturated heterocycles.